The number of benzene rings is 2. The Balaban J connectivity index is 1.81. The molecule has 1 heterocycles. The zero-order valence-electron chi connectivity index (χ0n) is 15.7. The molecule has 5 nitrogen and oxygen atoms in total. The Hall–Kier alpha value is -2.08. The van der Waals surface area contributed by atoms with Crippen LogP contribution in [-0.2, 0) is 4.74 Å². The topological polar surface area (TPSA) is 51.2 Å². The lowest BCUT2D eigenvalue weighted by Gasteiger charge is -2.28. The first-order valence-corrected chi connectivity index (χ1v) is 8.93. The van der Waals surface area contributed by atoms with Gasteiger partial charge < -0.3 is 19.3 Å². The maximum Gasteiger partial charge on any atom is 0.130 e. The molecule has 1 atom stereocenters. The molecule has 2 aromatic carbocycles. The Morgan fingerprint density at radius 2 is 1.62 bits per heavy atom. The summed E-state index contributed by atoms with van der Waals surface area (Å²) in [5.74, 6) is 1.56. The highest BCUT2D eigenvalue weighted by Crippen LogP contribution is 2.39. The molecule has 0 spiro atoms. The fraction of sp³-hybridized carbons (Fsp3) is 0.429. The summed E-state index contributed by atoms with van der Waals surface area (Å²) in [6.07, 6.45) is -0.510. The smallest absolute Gasteiger partial charge is 0.130 e. The molecule has 0 aliphatic carbocycles. The van der Waals surface area contributed by atoms with E-state index in [0.29, 0.717) is 6.54 Å². The van der Waals surface area contributed by atoms with E-state index >= 15 is 0 Å². The van der Waals surface area contributed by atoms with Crippen LogP contribution in [0.15, 0.2) is 36.4 Å². The zero-order chi connectivity index (χ0) is 18.5. The quantitative estimate of drug-likeness (QED) is 0.861. The summed E-state index contributed by atoms with van der Waals surface area (Å²) in [5, 5.41) is 10.5. The van der Waals surface area contributed by atoms with E-state index in [-0.39, 0.29) is 0 Å². The summed E-state index contributed by atoms with van der Waals surface area (Å²) >= 11 is 0. The van der Waals surface area contributed by atoms with Gasteiger partial charge in [0, 0.05) is 19.6 Å². The molecule has 2 aromatic rings. The van der Waals surface area contributed by atoms with Gasteiger partial charge in [0.15, 0.2) is 0 Å². The summed E-state index contributed by atoms with van der Waals surface area (Å²) in [7, 11) is 3.33. The van der Waals surface area contributed by atoms with Gasteiger partial charge in [0.1, 0.15) is 11.5 Å². The SMILES string of the molecule is COc1cc(C)cc(OC)c1-c1ccc([C@H](O)CN2CCOCC2)cc1. The lowest BCUT2D eigenvalue weighted by molar-refractivity contribution is 0.0143. The van der Waals surface area contributed by atoms with E-state index in [9.17, 15) is 5.11 Å². The van der Waals surface area contributed by atoms with Gasteiger partial charge in [-0.05, 0) is 35.7 Å². The van der Waals surface area contributed by atoms with E-state index in [2.05, 4.69) is 4.90 Å². The van der Waals surface area contributed by atoms with E-state index in [1.165, 1.54) is 0 Å². The lowest BCUT2D eigenvalue weighted by Crippen LogP contribution is -2.38. The van der Waals surface area contributed by atoms with Crippen LogP contribution in [0.25, 0.3) is 11.1 Å². The van der Waals surface area contributed by atoms with Crippen molar-refractivity contribution in [2.24, 2.45) is 0 Å². The number of nitrogens with zero attached hydrogens (tertiary/aromatic N) is 1. The summed E-state index contributed by atoms with van der Waals surface area (Å²) in [4.78, 5) is 2.23. The van der Waals surface area contributed by atoms with Crippen molar-refractivity contribution in [3.63, 3.8) is 0 Å². The summed E-state index contributed by atoms with van der Waals surface area (Å²) in [6, 6.07) is 12.0. The van der Waals surface area contributed by atoms with Crippen molar-refractivity contribution in [2.75, 3.05) is 47.1 Å². The van der Waals surface area contributed by atoms with Gasteiger partial charge >= 0.3 is 0 Å². The van der Waals surface area contributed by atoms with Crippen LogP contribution < -0.4 is 9.47 Å². The van der Waals surface area contributed by atoms with Crippen LogP contribution in [0, 0.1) is 6.92 Å². The minimum Gasteiger partial charge on any atom is -0.496 e. The number of morpholine rings is 1. The molecule has 5 heteroatoms. The zero-order valence-corrected chi connectivity index (χ0v) is 15.7. The normalized spacial score (nSPS) is 16.3. The third kappa shape index (κ3) is 4.18. The molecule has 1 fully saturated rings. The monoisotopic (exact) mass is 357 g/mol. The van der Waals surface area contributed by atoms with Gasteiger partial charge in [-0.2, -0.15) is 0 Å². The Kier molecular flexibility index (Phi) is 6.14. The number of rotatable bonds is 6. The number of ether oxygens (including phenoxy) is 3. The minimum absolute atomic E-state index is 0.510. The highest BCUT2D eigenvalue weighted by Gasteiger charge is 2.18. The second-order valence-corrected chi connectivity index (χ2v) is 6.60. The number of hydrogen-bond acceptors (Lipinski definition) is 5. The molecule has 0 unspecified atom stereocenters. The maximum atomic E-state index is 10.5. The molecule has 1 aliphatic rings. The fourth-order valence-electron chi connectivity index (χ4n) is 3.33. The molecular weight excluding hydrogens is 330 g/mol. The predicted octanol–water partition coefficient (Wildman–Crippen LogP) is 3.04. The summed E-state index contributed by atoms with van der Waals surface area (Å²) < 4.78 is 16.5. The molecule has 0 saturated carbocycles. The number of hydrogen-bond donors (Lipinski definition) is 1. The summed E-state index contributed by atoms with van der Waals surface area (Å²) in [6.45, 7) is 5.84. The van der Waals surface area contributed by atoms with Gasteiger partial charge in [-0.1, -0.05) is 24.3 Å². The number of aliphatic hydroxyl groups excluding tert-OH is 1. The van der Waals surface area contributed by atoms with Crippen molar-refractivity contribution < 1.29 is 19.3 Å². The van der Waals surface area contributed by atoms with Gasteiger partial charge in [-0.25, -0.2) is 0 Å². The molecule has 140 valence electrons. The number of methoxy groups -OCH3 is 2. The highest BCUT2D eigenvalue weighted by molar-refractivity contribution is 5.77. The largest absolute Gasteiger partial charge is 0.496 e. The Bertz CT molecular complexity index is 698. The molecular formula is C21H27NO4. The van der Waals surface area contributed by atoms with Crippen molar-refractivity contribution in [1.82, 2.24) is 4.90 Å². The van der Waals surface area contributed by atoms with Crippen LogP contribution in [0.2, 0.25) is 0 Å². The van der Waals surface area contributed by atoms with Crippen molar-refractivity contribution in [1.29, 1.82) is 0 Å². The van der Waals surface area contributed by atoms with E-state index in [1.807, 2.05) is 43.3 Å². The van der Waals surface area contributed by atoms with Crippen molar-refractivity contribution in [3.8, 4) is 22.6 Å². The van der Waals surface area contributed by atoms with Crippen LogP contribution >= 0.6 is 0 Å². The third-order valence-electron chi connectivity index (χ3n) is 4.77. The molecule has 1 N–H and O–H groups in total. The average molecular weight is 357 g/mol. The van der Waals surface area contributed by atoms with Gasteiger partial charge in [0.05, 0.1) is 39.1 Å². The lowest BCUT2D eigenvalue weighted by atomic mass is 9.98. The molecule has 3 rings (SSSR count). The average Bonchev–Trinajstić information content (AvgIpc) is 2.68. The van der Waals surface area contributed by atoms with Crippen molar-refractivity contribution >= 4 is 0 Å². The number of aliphatic hydroxyl groups is 1. The van der Waals surface area contributed by atoms with Gasteiger partial charge in [0.2, 0.25) is 0 Å². The first-order valence-electron chi connectivity index (χ1n) is 8.93. The molecule has 26 heavy (non-hydrogen) atoms. The van der Waals surface area contributed by atoms with Gasteiger partial charge in [-0.15, -0.1) is 0 Å². The van der Waals surface area contributed by atoms with Crippen LogP contribution in [0.4, 0.5) is 0 Å². The van der Waals surface area contributed by atoms with Crippen LogP contribution in [0.1, 0.15) is 17.2 Å². The minimum atomic E-state index is -0.510. The molecule has 0 radical (unpaired) electrons. The van der Waals surface area contributed by atoms with Gasteiger partial charge in [-0.3, -0.25) is 4.90 Å². The van der Waals surface area contributed by atoms with Gasteiger partial charge in [0.25, 0.3) is 0 Å². The molecule has 0 bridgehead atoms. The van der Waals surface area contributed by atoms with Crippen molar-refractivity contribution in [3.05, 3.63) is 47.5 Å². The standard InChI is InChI=1S/C21H27NO4/c1-15-12-19(24-2)21(20(13-15)25-3)17-6-4-16(5-7-17)18(23)14-22-8-10-26-11-9-22/h4-7,12-13,18,23H,8-11,14H2,1-3H3/t18-/m1/s1. The second-order valence-electron chi connectivity index (χ2n) is 6.60. The highest BCUT2D eigenvalue weighted by atomic mass is 16.5. The molecule has 0 aromatic heterocycles. The van der Waals surface area contributed by atoms with Crippen LogP contribution in [0.5, 0.6) is 11.5 Å². The van der Waals surface area contributed by atoms with E-state index in [1.54, 1.807) is 14.2 Å². The Labute approximate surface area is 155 Å². The molecule has 1 aliphatic heterocycles. The predicted molar refractivity (Wildman–Crippen MR) is 102 cm³/mol. The number of aryl methyl sites for hydroxylation is 1. The Morgan fingerprint density at radius 1 is 1.04 bits per heavy atom. The molecule has 0 amide bonds. The second kappa shape index (κ2) is 8.54. The third-order valence-corrected chi connectivity index (χ3v) is 4.77. The van der Waals surface area contributed by atoms with E-state index in [0.717, 1.165) is 60.1 Å². The Morgan fingerprint density at radius 3 is 2.15 bits per heavy atom. The number of β-amino-alcohol motifs (C(OH)–C–C–N with tert-alkyl or cyclic N) is 1. The first-order chi connectivity index (χ1) is 12.6. The fourth-order valence-corrected chi connectivity index (χ4v) is 3.33. The molecule has 1 saturated heterocycles. The van der Waals surface area contributed by atoms with Crippen LogP contribution in [0.3, 0.4) is 0 Å². The first kappa shape index (κ1) is 18.7. The van der Waals surface area contributed by atoms with Crippen molar-refractivity contribution in [2.45, 2.75) is 13.0 Å². The van der Waals surface area contributed by atoms with Crippen LogP contribution in [-0.4, -0.2) is 57.1 Å². The maximum absolute atomic E-state index is 10.5. The van der Waals surface area contributed by atoms with E-state index in [4.69, 9.17) is 14.2 Å². The summed E-state index contributed by atoms with van der Waals surface area (Å²) in [5.41, 5.74) is 3.92. The van der Waals surface area contributed by atoms with E-state index < -0.39 is 6.10 Å².